The minimum atomic E-state index is -2.38. The van der Waals surface area contributed by atoms with Crippen molar-refractivity contribution >= 4 is 57.7 Å². The Morgan fingerprint density at radius 1 is 0.909 bits per heavy atom. The third-order valence-electron chi connectivity index (χ3n) is 1.23. The SMILES string of the molecule is C[Si](C)(Cl)CCC[Si](Cl)(Cl)Cl. The van der Waals surface area contributed by atoms with Gasteiger partial charge < -0.3 is 0 Å². The molecule has 0 spiro atoms. The molecule has 0 aromatic carbocycles. The first kappa shape index (κ1) is 12.6. The fraction of sp³-hybridized carbons (Fsp3) is 1.00. The summed E-state index contributed by atoms with van der Waals surface area (Å²) in [5.41, 5.74) is 0. The molecule has 0 N–H and O–H groups in total. The summed E-state index contributed by atoms with van der Waals surface area (Å²) in [6, 6.07) is -0.603. The second-order valence-corrected chi connectivity index (χ2v) is 19.5. The molecule has 0 heterocycles. The van der Waals surface area contributed by atoms with Crippen LogP contribution in [0.4, 0.5) is 0 Å². The molecular weight excluding hydrogens is 258 g/mol. The molecule has 0 aromatic heterocycles. The van der Waals surface area contributed by atoms with E-state index in [1.807, 2.05) is 0 Å². The maximum absolute atomic E-state index is 6.09. The average Bonchev–Trinajstić information content (AvgIpc) is 1.55. The lowest BCUT2D eigenvalue weighted by Gasteiger charge is -2.13. The van der Waals surface area contributed by atoms with Crippen LogP contribution in [-0.2, 0) is 0 Å². The maximum Gasteiger partial charge on any atom is 0.341 e. The van der Waals surface area contributed by atoms with Gasteiger partial charge in [-0.25, -0.2) is 0 Å². The van der Waals surface area contributed by atoms with Crippen LogP contribution in [0.2, 0.25) is 25.2 Å². The molecule has 0 amide bonds. The lowest BCUT2D eigenvalue weighted by molar-refractivity contribution is 1.05. The molecule has 0 aliphatic rings. The van der Waals surface area contributed by atoms with E-state index in [2.05, 4.69) is 13.1 Å². The fourth-order valence-electron chi connectivity index (χ4n) is 0.709. The summed E-state index contributed by atoms with van der Waals surface area (Å²) >= 11 is 23.2. The van der Waals surface area contributed by atoms with E-state index in [1.54, 1.807) is 0 Å². The maximum atomic E-state index is 6.09. The van der Waals surface area contributed by atoms with Crippen LogP contribution in [-0.4, -0.2) is 13.4 Å². The van der Waals surface area contributed by atoms with Crippen LogP contribution in [0.15, 0.2) is 0 Å². The van der Waals surface area contributed by atoms with Gasteiger partial charge in [0.15, 0.2) is 0 Å². The van der Waals surface area contributed by atoms with Gasteiger partial charge in [-0.1, -0.05) is 19.5 Å². The number of rotatable bonds is 4. The highest BCUT2D eigenvalue weighted by Crippen LogP contribution is 2.29. The molecule has 0 radical (unpaired) electrons. The van der Waals surface area contributed by atoms with Crippen LogP contribution in [0.1, 0.15) is 6.42 Å². The van der Waals surface area contributed by atoms with Crippen LogP contribution < -0.4 is 0 Å². The van der Waals surface area contributed by atoms with E-state index in [-0.39, 0.29) is 0 Å². The third-order valence-corrected chi connectivity index (χ3v) is 5.96. The van der Waals surface area contributed by atoms with Gasteiger partial charge in [0.25, 0.3) is 0 Å². The molecule has 6 heteroatoms. The summed E-state index contributed by atoms with van der Waals surface area (Å²) in [5.74, 6) is 0. The van der Waals surface area contributed by atoms with Gasteiger partial charge in [0.1, 0.15) is 7.38 Å². The quantitative estimate of drug-likeness (QED) is 0.522. The zero-order chi connectivity index (χ0) is 9.12. The first-order valence-corrected chi connectivity index (χ1v) is 12.9. The van der Waals surface area contributed by atoms with Gasteiger partial charge in [0.05, 0.1) is 0 Å². The van der Waals surface area contributed by atoms with Crippen molar-refractivity contribution in [1.29, 1.82) is 0 Å². The Hall–Kier alpha value is 1.59. The average molecular weight is 270 g/mol. The number of halogens is 4. The molecule has 0 saturated carbocycles. The second-order valence-electron chi connectivity index (χ2n) is 3.19. The smallest absolute Gasteiger partial charge is 0.168 e. The van der Waals surface area contributed by atoms with E-state index >= 15 is 0 Å². The van der Waals surface area contributed by atoms with Crippen LogP contribution in [0.3, 0.4) is 0 Å². The second kappa shape index (κ2) is 4.73. The topological polar surface area (TPSA) is 0 Å². The number of hydrogen-bond donors (Lipinski definition) is 0. The summed E-state index contributed by atoms with van der Waals surface area (Å²) in [7, 11) is -1.44. The van der Waals surface area contributed by atoms with Gasteiger partial charge in [-0.15, -0.1) is 33.2 Å². The zero-order valence-electron chi connectivity index (χ0n) is 6.63. The van der Waals surface area contributed by atoms with E-state index in [4.69, 9.17) is 44.3 Å². The van der Waals surface area contributed by atoms with Crippen molar-refractivity contribution in [2.24, 2.45) is 0 Å². The van der Waals surface area contributed by atoms with E-state index in [9.17, 15) is 0 Å². The van der Waals surface area contributed by atoms with Crippen molar-refractivity contribution < 1.29 is 0 Å². The predicted octanol–water partition coefficient (Wildman–Crippen LogP) is 4.48. The minimum Gasteiger partial charge on any atom is -0.168 e. The Bertz CT molecular complexity index is 101. The summed E-state index contributed by atoms with van der Waals surface area (Å²) in [6.07, 6.45) is 0.964. The van der Waals surface area contributed by atoms with Gasteiger partial charge in [-0.3, -0.25) is 0 Å². The van der Waals surface area contributed by atoms with Crippen molar-refractivity contribution in [3.8, 4) is 0 Å². The van der Waals surface area contributed by atoms with Gasteiger partial charge in [0, 0.05) is 0 Å². The summed E-state index contributed by atoms with van der Waals surface area (Å²) < 4.78 is 0. The Morgan fingerprint density at radius 2 is 1.36 bits per heavy atom. The molecule has 0 fully saturated rings. The van der Waals surface area contributed by atoms with Crippen LogP contribution in [0.5, 0.6) is 0 Å². The van der Waals surface area contributed by atoms with Crippen LogP contribution in [0, 0.1) is 0 Å². The normalized spacial score (nSPS) is 13.6. The van der Waals surface area contributed by atoms with Crippen molar-refractivity contribution in [3.05, 3.63) is 0 Å². The fourth-order valence-corrected chi connectivity index (χ4v) is 4.26. The van der Waals surface area contributed by atoms with Gasteiger partial charge in [-0.2, -0.15) is 11.1 Å². The summed E-state index contributed by atoms with van der Waals surface area (Å²) in [6.45, 7) is 4.21. The molecule has 68 valence electrons. The highest BCUT2D eigenvalue weighted by atomic mass is 35.8. The van der Waals surface area contributed by atoms with Gasteiger partial charge >= 0.3 is 6.00 Å². The molecule has 0 atom stereocenters. The Morgan fingerprint density at radius 3 is 1.64 bits per heavy atom. The highest BCUT2D eigenvalue weighted by Gasteiger charge is 2.26. The Balaban J connectivity index is 3.44. The minimum absolute atomic E-state index is 0.737. The summed E-state index contributed by atoms with van der Waals surface area (Å²) in [5, 5.41) is 0. The molecule has 0 rings (SSSR count). The molecule has 0 saturated heterocycles. The molecule has 0 unspecified atom stereocenters. The first-order chi connectivity index (χ1) is 4.71. The standard InChI is InChI=1S/C5H12Cl4Si2/c1-10(2,6)4-3-5-11(7,8)9/h3-5H2,1-2H3. The molecular formula is C5H12Cl4Si2. The molecule has 0 bridgehead atoms. The Kier molecular flexibility index (Phi) is 5.41. The molecule has 0 aliphatic heterocycles. The third kappa shape index (κ3) is 11.6. The number of hydrogen-bond acceptors (Lipinski definition) is 0. The molecule has 0 aromatic rings. The molecule has 0 nitrogen and oxygen atoms in total. The Labute approximate surface area is 89.0 Å². The van der Waals surface area contributed by atoms with Crippen molar-refractivity contribution in [2.75, 3.05) is 0 Å². The molecule has 11 heavy (non-hydrogen) atoms. The van der Waals surface area contributed by atoms with Gasteiger partial charge in [0.2, 0.25) is 0 Å². The van der Waals surface area contributed by atoms with E-state index in [0.717, 1.165) is 18.5 Å². The van der Waals surface area contributed by atoms with Gasteiger partial charge in [-0.05, 0) is 12.1 Å². The lowest BCUT2D eigenvalue weighted by Crippen LogP contribution is -2.17. The van der Waals surface area contributed by atoms with Crippen LogP contribution >= 0.6 is 44.3 Å². The first-order valence-electron chi connectivity index (χ1n) is 3.46. The van der Waals surface area contributed by atoms with E-state index in [0.29, 0.717) is 0 Å². The van der Waals surface area contributed by atoms with Crippen molar-refractivity contribution in [3.63, 3.8) is 0 Å². The zero-order valence-corrected chi connectivity index (χ0v) is 11.7. The van der Waals surface area contributed by atoms with Crippen molar-refractivity contribution in [2.45, 2.75) is 31.6 Å². The molecule has 0 aliphatic carbocycles. The monoisotopic (exact) mass is 268 g/mol. The predicted molar refractivity (Wildman–Crippen MR) is 60.9 cm³/mol. The van der Waals surface area contributed by atoms with Crippen LogP contribution in [0.25, 0.3) is 0 Å². The van der Waals surface area contributed by atoms with Crippen molar-refractivity contribution in [1.82, 2.24) is 0 Å². The van der Waals surface area contributed by atoms with E-state index in [1.165, 1.54) is 0 Å². The highest BCUT2D eigenvalue weighted by molar-refractivity contribution is 7.64. The summed E-state index contributed by atoms with van der Waals surface area (Å²) in [4.78, 5) is 0. The largest absolute Gasteiger partial charge is 0.341 e. The lowest BCUT2D eigenvalue weighted by atomic mass is 10.6. The van der Waals surface area contributed by atoms with E-state index < -0.39 is 13.4 Å².